The Morgan fingerprint density at radius 2 is 1.92 bits per heavy atom. The molecule has 0 bridgehead atoms. The minimum Gasteiger partial charge on any atom is -0.611 e. The van der Waals surface area contributed by atoms with E-state index >= 15 is 0 Å². The molecule has 8 heteroatoms. The van der Waals surface area contributed by atoms with Crippen molar-refractivity contribution in [3.8, 4) is 17.0 Å². The summed E-state index contributed by atoms with van der Waals surface area (Å²) < 4.78 is 12.0. The van der Waals surface area contributed by atoms with Crippen molar-refractivity contribution in [1.82, 2.24) is 15.3 Å². The molecule has 2 atom stereocenters. The van der Waals surface area contributed by atoms with Gasteiger partial charge in [-0.05, 0) is 90.7 Å². The molecule has 0 saturated heterocycles. The molecule has 2 N–H and O–H groups in total. The Morgan fingerprint density at radius 3 is 2.61 bits per heavy atom. The fourth-order valence-corrected chi connectivity index (χ4v) is 6.04. The van der Waals surface area contributed by atoms with Gasteiger partial charge in [0.25, 0.3) is 0 Å². The molecule has 7 nitrogen and oxygen atoms in total. The predicted molar refractivity (Wildman–Crippen MR) is 140 cm³/mol. The molecule has 1 aliphatic heterocycles. The van der Waals surface area contributed by atoms with E-state index in [0.717, 1.165) is 45.8 Å². The minimum atomic E-state index is -0.978. The normalized spacial score (nSPS) is 19.7. The van der Waals surface area contributed by atoms with Crippen LogP contribution in [0.15, 0.2) is 53.7 Å². The number of anilines is 1. The lowest BCUT2D eigenvalue weighted by Crippen LogP contribution is -2.39. The standard InChI is InChI=1S/C28H30N4O3S/c1-2-36(35)21-10-3-17(4-11-21)14-29-28(34)32-15-23(18-5-6-18)22-13-20(9-12-24(22)32)25-26(19-7-8-19)30-16-31-27(25)33/h3-4,9-13,16,18-19,23H,2,5-8,14-15H2,1H3,(H,29,34)(H,30,31,33)/t23-,36?/m1/s1. The first-order valence-corrected chi connectivity index (χ1v) is 14.1. The third-order valence-corrected chi connectivity index (χ3v) is 8.86. The summed E-state index contributed by atoms with van der Waals surface area (Å²) in [7, 11) is 0. The quantitative estimate of drug-likeness (QED) is 0.439. The Balaban J connectivity index is 1.23. The number of benzene rings is 2. The van der Waals surface area contributed by atoms with Gasteiger partial charge in [0, 0.05) is 30.6 Å². The Kier molecular flexibility index (Phi) is 6.09. The zero-order valence-electron chi connectivity index (χ0n) is 20.3. The van der Waals surface area contributed by atoms with E-state index in [2.05, 4.69) is 21.4 Å². The average Bonchev–Trinajstić information content (AvgIpc) is 3.84. The number of amides is 2. The van der Waals surface area contributed by atoms with Crippen LogP contribution in [0, 0.1) is 5.92 Å². The summed E-state index contributed by atoms with van der Waals surface area (Å²) in [5.74, 6) is 1.89. The van der Waals surface area contributed by atoms with E-state index in [1.807, 2.05) is 48.2 Å². The molecule has 3 aliphatic rings. The van der Waals surface area contributed by atoms with E-state index in [1.54, 1.807) is 0 Å². The van der Waals surface area contributed by atoms with Crippen molar-refractivity contribution in [3.63, 3.8) is 0 Å². The molecule has 2 aliphatic carbocycles. The van der Waals surface area contributed by atoms with E-state index in [1.165, 1.54) is 24.7 Å². The lowest BCUT2D eigenvalue weighted by Gasteiger charge is -2.19. The highest BCUT2D eigenvalue weighted by atomic mass is 32.2. The second-order valence-electron chi connectivity index (χ2n) is 10.00. The Labute approximate surface area is 214 Å². The molecule has 2 fully saturated rings. The second kappa shape index (κ2) is 9.41. The van der Waals surface area contributed by atoms with E-state index in [9.17, 15) is 14.5 Å². The smallest absolute Gasteiger partial charge is 0.322 e. The van der Waals surface area contributed by atoms with Gasteiger partial charge in [0.1, 0.15) is 12.1 Å². The first-order valence-electron chi connectivity index (χ1n) is 12.7. The van der Waals surface area contributed by atoms with Crippen molar-refractivity contribution in [2.45, 2.75) is 55.9 Å². The van der Waals surface area contributed by atoms with Gasteiger partial charge in [0.2, 0.25) is 5.88 Å². The summed E-state index contributed by atoms with van der Waals surface area (Å²) in [6.07, 6.45) is 5.98. The van der Waals surface area contributed by atoms with Crippen LogP contribution in [0.2, 0.25) is 0 Å². The summed E-state index contributed by atoms with van der Waals surface area (Å²) in [5, 5.41) is 13.7. The monoisotopic (exact) mass is 502 g/mol. The van der Waals surface area contributed by atoms with Gasteiger partial charge in [-0.2, -0.15) is 0 Å². The maximum Gasteiger partial charge on any atom is 0.322 e. The largest absolute Gasteiger partial charge is 0.611 e. The van der Waals surface area contributed by atoms with Crippen molar-refractivity contribution in [1.29, 1.82) is 0 Å². The lowest BCUT2D eigenvalue weighted by molar-refractivity contribution is 0.246. The first kappa shape index (κ1) is 23.3. The van der Waals surface area contributed by atoms with Crippen LogP contribution in [-0.4, -0.2) is 38.0 Å². The topological polar surface area (TPSA) is 101 Å². The van der Waals surface area contributed by atoms with E-state index in [4.69, 9.17) is 0 Å². The number of hydrogen-bond acceptors (Lipinski definition) is 5. The number of fused-ring (bicyclic) bond motifs is 1. The zero-order chi connectivity index (χ0) is 24.8. The fourth-order valence-electron chi connectivity index (χ4n) is 5.27. The van der Waals surface area contributed by atoms with Crippen molar-refractivity contribution in [2.75, 3.05) is 17.2 Å². The van der Waals surface area contributed by atoms with Gasteiger partial charge < -0.3 is 15.0 Å². The molecule has 0 radical (unpaired) electrons. The summed E-state index contributed by atoms with van der Waals surface area (Å²) >= 11 is -0.978. The Morgan fingerprint density at radius 1 is 1.14 bits per heavy atom. The van der Waals surface area contributed by atoms with Gasteiger partial charge in [0.05, 0.1) is 11.3 Å². The van der Waals surface area contributed by atoms with Crippen molar-refractivity contribution in [2.24, 2.45) is 5.92 Å². The van der Waals surface area contributed by atoms with Gasteiger partial charge in [-0.15, -0.1) is 0 Å². The summed E-state index contributed by atoms with van der Waals surface area (Å²) in [6.45, 7) is 2.98. The molecular formula is C28H30N4O3S. The number of nitrogens with zero attached hydrogens (tertiary/aromatic N) is 3. The fraction of sp³-hybridized carbons (Fsp3) is 0.393. The molecule has 2 heterocycles. The minimum absolute atomic E-state index is 0.0243. The zero-order valence-corrected chi connectivity index (χ0v) is 21.1. The van der Waals surface area contributed by atoms with Crippen LogP contribution in [0.4, 0.5) is 10.5 Å². The van der Waals surface area contributed by atoms with Crippen molar-refractivity contribution < 1.29 is 14.5 Å². The van der Waals surface area contributed by atoms with E-state index in [-0.39, 0.29) is 11.9 Å². The third-order valence-electron chi connectivity index (χ3n) is 7.53. The predicted octanol–water partition coefficient (Wildman–Crippen LogP) is 5.08. The molecular weight excluding hydrogens is 472 g/mol. The summed E-state index contributed by atoms with van der Waals surface area (Å²) in [5.41, 5.74) is 5.65. The van der Waals surface area contributed by atoms with Crippen LogP contribution in [0.1, 0.15) is 61.3 Å². The van der Waals surface area contributed by atoms with Crippen molar-refractivity contribution in [3.05, 3.63) is 65.6 Å². The SMILES string of the molecule is CC[S+]([O-])c1ccc(CNC(=O)N2C[C@H](C3CC3)c3cc(-c4c(O)ncnc4C4CC4)ccc32)cc1. The molecule has 3 aromatic rings. The van der Waals surface area contributed by atoms with Crippen LogP contribution in [0.5, 0.6) is 5.88 Å². The van der Waals surface area contributed by atoms with E-state index < -0.39 is 11.2 Å². The van der Waals surface area contributed by atoms with Crippen LogP contribution < -0.4 is 10.2 Å². The molecule has 1 aromatic heterocycles. The average molecular weight is 503 g/mol. The molecule has 2 saturated carbocycles. The summed E-state index contributed by atoms with van der Waals surface area (Å²) in [4.78, 5) is 24.5. The van der Waals surface area contributed by atoms with Crippen LogP contribution >= 0.6 is 0 Å². The molecule has 2 aromatic carbocycles. The Bertz CT molecular complexity index is 1290. The van der Waals surface area contributed by atoms with Crippen molar-refractivity contribution >= 4 is 22.9 Å². The number of nitrogens with one attached hydrogen (secondary N) is 1. The van der Waals surface area contributed by atoms with Crippen LogP contribution in [0.3, 0.4) is 0 Å². The molecule has 6 rings (SSSR count). The number of hydrogen-bond donors (Lipinski definition) is 2. The van der Waals surface area contributed by atoms with E-state index in [0.29, 0.717) is 36.6 Å². The molecule has 36 heavy (non-hydrogen) atoms. The highest BCUT2D eigenvalue weighted by molar-refractivity contribution is 7.91. The number of aromatic hydroxyl groups is 1. The van der Waals surface area contributed by atoms with Gasteiger partial charge in [0.15, 0.2) is 4.90 Å². The third kappa shape index (κ3) is 4.44. The first-order chi connectivity index (χ1) is 17.5. The highest BCUT2D eigenvalue weighted by Crippen LogP contribution is 2.52. The van der Waals surface area contributed by atoms with Gasteiger partial charge in [-0.25, -0.2) is 14.8 Å². The lowest BCUT2D eigenvalue weighted by atomic mass is 9.92. The second-order valence-corrected chi connectivity index (χ2v) is 11.7. The molecule has 1 unspecified atom stereocenters. The Hall–Kier alpha value is -3.10. The number of carbonyl (C=O) groups is 1. The molecule has 0 spiro atoms. The highest BCUT2D eigenvalue weighted by Gasteiger charge is 2.42. The summed E-state index contributed by atoms with van der Waals surface area (Å²) in [6, 6.07) is 13.6. The molecule has 186 valence electrons. The van der Waals surface area contributed by atoms with Gasteiger partial charge >= 0.3 is 6.03 Å². The maximum atomic E-state index is 13.3. The van der Waals surface area contributed by atoms with Crippen LogP contribution in [0.25, 0.3) is 11.1 Å². The maximum absolute atomic E-state index is 13.3. The van der Waals surface area contributed by atoms with Gasteiger partial charge in [-0.1, -0.05) is 18.2 Å². The number of aromatic nitrogens is 2. The number of carbonyl (C=O) groups excluding carboxylic acids is 1. The number of rotatable bonds is 7. The number of urea groups is 1. The van der Waals surface area contributed by atoms with Crippen LogP contribution in [-0.2, 0) is 17.7 Å². The van der Waals surface area contributed by atoms with Gasteiger partial charge in [-0.3, -0.25) is 4.90 Å². The molecule has 2 amide bonds.